The van der Waals surface area contributed by atoms with Crippen molar-refractivity contribution in [1.82, 2.24) is 9.78 Å². The molecule has 6 heteroatoms. The zero-order valence-electron chi connectivity index (χ0n) is 7.19. The fraction of sp³-hybridized carbons (Fsp3) is 0.286. The van der Waals surface area contributed by atoms with Crippen LogP contribution < -0.4 is 0 Å². The van der Waals surface area contributed by atoms with E-state index in [1.165, 1.54) is 10.8 Å². The Kier molecular flexibility index (Phi) is 2.67. The van der Waals surface area contributed by atoms with E-state index in [2.05, 4.69) is 5.10 Å². The van der Waals surface area contributed by atoms with Gasteiger partial charge in [-0.05, 0) is 6.92 Å². The minimum absolute atomic E-state index is 0.399. The number of hydrogen-bond donors (Lipinski definition) is 0. The van der Waals surface area contributed by atoms with Crippen molar-refractivity contribution < 1.29 is 4.92 Å². The predicted octanol–water partition coefficient (Wildman–Crippen LogP) is 1.63. The molecule has 0 amide bonds. The topological polar surface area (TPSA) is 61.0 Å². The summed E-state index contributed by atoms with van der Waals surface area (Å²) < 4.78 is 1.47. The van der Waals surface area contributed by atoms with Crippen LogP contribution in [-0.4, -0.2) is 14.7 Å². The van der Waals surface area contributed by atoms with Gasteiger partial charge in [0.1, 0.15) is 5.15 Å². The maximum atomic E-state index is 10.1. The summed E-state index contributed by atoms with van der Waals surface area (Å²) in [6.45, 7) is 1.74. The second-order valence-corrected chi connectivity index (χ2v) is 2.87. The molecule has 0 aliphatic rings. The van der Waals surface area contributed by atoms with E-state index >= 15 is 0 Å². The summed E-state index contributed by atoms with van der Waals surface area (Å²) in [4.78, 5) is 9.51. The van der Waals surface area contributed by atoms with Crippen LogP contribution in [0, 0.1) is 17.0 Å². The van der Waals surface area contributed by atoms with Crippen molar-refractivity contribution in [1.29, 1.82) is 0 Å². The fourth-order valence-electron chi connectivity index (χ4n) is 0.971. The Morgan fingerprint density at radius 3 is 2.69 bits per heavy atom. The largest absolute Gasteiger partial charge is 0.259 e. The molecule has 1 aromatic heterocycles. The smallest absolute Gasteiger partial charge is 0.235 e. The molecule has 0 spiro atoms. The molecule has 0 aliphatic heterocycles. The Labute approximate surface area is 79.8 Å². The van der Waals surface area contributed by atoms with E-state index in [1.807, 2.05) is 0 Å². The number of halogens is 1. The lowest BCUT2D eigenvalue weighted by Gasteiger charge is -1.89. The maximum Gasteiger partial charge on any atom is 0.235 e. The van der Waals surface area contributed by atoms with Gasteiger partial charge in [0.25, 0.3) is 0 Å². The van der Waals surface area contributed by atoms with E-state index in [-0.39, 0.29) is 0 Å². The lowest BCUT2D eigenvalue weighted by molar-refractivity contribution is -0.400. The Balaban J connectivity index is 3.07. The molecule has 0 fully saturated rings. The summed E-state index contributed by atoms with van der Waals surface area (Å²) in [7, 11) is 1.68. The summed E-state index contributed by atoms with van der Waals surface area (Å²) in [5.41, 5.74) is 1.26. The first-order valence-electron chi connectivity index (χ1n) is 3.53. The van der Waals surface area contributed by atoms with Crippen molar-refractivity contribution in [2.24, 2.45) is 7.05 Å². The average molecular weight is 202 g/mol. The van der Waals surface area contributed by atoms with Crippen LogP contribution in [0.5, 0.6) is 0 Å². The predicted molar refractivity (Wildman–Crippen MR) is 49.0 cm³/mol. The Bertz CT molecular complexity index is 370. The van der Waals surface area contributed by atoms with Crippen LogP contribution in [0.3, 0.4) is 0 Å². The van der Waals surface area contributed by atoms with Gasteiger partial charge >= 0.3 is 0 Å². The Hall–Kier alpha value is -1.36. The van der Waals surface area contributed by atoms with Gasteiger partial charge in [0.2, 0.25) is 6.20 Å². The van der Waals surface area contributed by atoms with Crippen LogP contribution in [-0.2, 0) is 7.05 Å². The number of aromatic nitrogens is 2. The number of aryl methyl sites for hydroxylation is 2. The summed E-state index contributed by atoms with van der Waals surface area (Å²) in [5, 5.41) is 14.4. The highest BCUT2D eigenvalue weighted by atomic mass is 35.5. The van der Waals surface area contributed by atoms with E-state index in [9.17, 15) is 10.1 Å². The van der Waals surface area contributed by atoms with Gasteiger partial charge < -0.3 is 0 Å². The molecule has 1 aromatic rings. The minimum atomic E-state index is -0.539. The second-order valence-electron chi connectivity index (χ2n) is 2.51. The Morgan fingerprint density at radius 2 is 2.31 bits per heavy atom. The molecule has 0 bridgehead atoms. The SMILES string of the molecule is Cc1nn(C)c(Cl)c1/C=C/[N+](=O)[O-]. The molecule has 0 saturated carbocycles. The van der Waals surface area contributed by atoms with Gasteiger partial charge in [-0.15, -0.1) is 0 Å². The highest BCUT2D eigenvalue weighted by Crippen LogP contribution is 2.19. The lowest BCUT2D eigenvalue weighted by atomic mass is 10.2. The highest BCUT2D eigenvalue weighted by molar-refractivity contribution is 6.31. The van der Waals surface area contributed by atoms with Gasteiger partial charge in [-0.1, -0.05) is 11.6 Å². The lowest BCUT2D eigenvalue weighted by Crippen LogP contribution is -1.89. The molecule has 0 aromatic carbocycles. The molecule has 0 unspecified atom stereocenters. The van der Waals surface area contributed by atoms with Gasteiger partial charge in [-0.25, -0.2) is 0 Å². The molecule has 13 heavy (non-hydrogen) atoms. The van der Waals surface area contributed by atoms with Crippen LogP contribution >= 0.6 is 11.6 Å². The number of nitro groups is 1. The van der Waals surface area contributed by atoms with Gasteiger partial charge in [0.15, 0.2) is 0 Å². The molecule has 70 valence electrons. The molecule has 0 aliphatic carbocycles. The second kappa shape index (κ2) is 3.57. The average Bonchev–Trinajstić information content (AvgIpc) is 2.24. The molecule has 0 N–H and O–H groups in total. The third-order valence-electron chi connectivity index (χ3n) is 1.56. The first-order valence-corrected chi connectivity index (χ1v) is 3.91. The number of nitrogens with zero attached hydrogens (tertiary/aromatic N) is 3. The number of rotatable bonds is 2. The molecular weight excluding hydrogens is 194 g/mol. The van der Waals surface area contributed by atoms with Crippen molar-refractivity contribution in [2.45, 2.75) is 6.92 Å². The van der Waals surface area contributed by atoms with Gasteiger partial charge in [-0.2, -0.15) is 5.10 Å². The van der Waals surface area contributed by atoms with Gasteiger partial charge in [0.05, 0.1) is 10.6 Å². The quantitative estimate of drug-likeness (QED) is 0.540. The van der Waals surface area contributed by atoms with Gasteiger partial charge in [-0.3, -0.25) is 14.8 Å². The first-order chi connectivity index (χ1) is 6.02. The third-order valence-corrected chi connectivity index (χ3v) is 2.01. The van der Waals surface area contributed by atoms with Crippen molar-refractivity contribution >= 4 is 17.7 Å². The maximum absolute atomic E-state index is 10.1. The first kappa shape index (κ1) is 9.73. The standard InChI is InChI=1S/C7H8ClN3O2/c1-5-6(3-4-11(12)13)7(8)10(2)9-5/h3-4H,1-2H3/b4-3+. The zero-order valence-corrected chi connectivity index (χ0v) is 7.95. The Morgan fingerprint density at radius 1 is 1.69 bits per heavy atom. The van der Waals surface area contributed by atoms with E-state index in [0.717, 1.165) is 6.20 Å². The molecule has 0 atom stereocenters. The van der Waals surface area contributed by atoms with Crippen LogP contribution in [0.4, 0.5) is 0 Å². The monoisotopic (exact) mass is 201 g/mol. The van der Waals surface area contributed by atoms with E-state index in [4.69, 9.17) is 11.6 Å². The molecule has 0 saturated heterocycles. The van der Waals surface area contributed by atoms with Crippen molar-refractivity contribution in [3.05, 3.63) is 32.7 Å². The molecular formula is C7H8ClN3O2. The van der Waals surface area contributed by atoms with Crippen LogP contribution in [0.2, 0.25) is 5.15 Å². The summed E-state index contributed by atoms with van der Waals surface area (Å²) >= 11 is 5.82. The molecule has 1 rings (SSSR count). The zero-order chi connectivity index (χ0) is 10.0. The van der Waals surface area contributed by atoms with Crippen molar-refractivity contribution in [3.63, 3.8) is 0 Å². The third kappa shape index (κ3) is 2.06. The normalized spacial score (nSPS) is 11.0. The van der Waals surface area contributed by atoms with Crippen molar-refractivity contribution in [2.75, 3.05) is 0 Å². The molecule has 0 radical (unpaired) electrons. The summed E-state index contributed by atoms with van der Waals surface area (Å²) in [6, 6.07) is 0. The minimum Gasteiger partial charge on any atom is -0.259 e. The van der Waals surface area contributed by atoms with Crippen LogP contribution in [0.1, 0.15) is 11.3 Å². The molecule has 1 heterocycles. The van der Waals surface area contributed by atoms with E-state index in [0.29, 0.717) is 16.4 Å². The number of hydrogen-bond acceptors (Lipinski definition) is 3. The van der Waals surface area contributed by atoms with E-state index in [1.54, 1.807) is 14.0 Å². The van der Waals surface area contributed by atoms with Gasteiger partial charge in [0, 0.05) is 18.7 Å². The van der Waals surface area contributed by atoms with E-state index < -0.39 is 4.92 Å². The summed E-state index contributed by atoms with van der Waals surface area (Å²) in [6.07, 6.45) is 2.18. The van der Waals surface area contributed by atoms with Crippen molar-refractivity contribution in [3.8, 4) is 0 Å². The fourth-order valence-corrected chi connectivity index (χ4v) is 1.21. The van der Waals surface area contributed by atoms with Crippen LogP contribution in [0.25, 0.3) is 6.08 Å². The highest BCUT2D eigenvalue weighted by Gasteiger charge is 2.08. The van der Waals surface area contributed by atoms with Crippen LogP contribution in [0.15, 0.2) is 6.20 Å². The summed E-state index contributed by atoms with van der Waals surface area (Å²) in [5.74, 6) is 0. The molecule has 5 nitrogen and oxygen atoms in total.